The molecule has 0 unspecified atom stereocenters. The highest BCUT2D eigenvalue weighted by atomic mass is 35.5. The molecule has 0 fully saturated rings. The van der Waals surface area contributed by atoms with Crippen molar-refractivity contribution in [3.63, 3.8) is 0 Å². The monoisotopic (exact) mass is 202 g/mol. The van der Waals surface area contributed by atoms with Gasteiger partial charge in [0.05, 0.1) is 6.61 Å². The van der Waals surface area contributed by atoms with Gasteiger partial charge in [-0.05, 0) is 6.92 Å². The number of halogens is 4. The summed E-state index contributed by atoms with van der Waals surface area (Å²) in [6, 6.07) is 0. The van der Waals surface area contributed by atoms with Gasteiger partial charge in [0.25, 0.3) is 0 Å². The Kier molecular flexibility index (Phi) is 4.09. The standard InChI is InChI=1S/C6H6ClF3O2/c1-2-12-5(11)3-4(7)6(8,9)10/h3H,2H2,1H3/b4-3+. The van der Waals surface area contributed by atoms with Gasteiger partial charge in [-0.25, -0.2) is 4.79 Å². The van der Waals surface area contributed by atoms with Crippen molar-refractivity contribution in [2.75, 3.05) is 6.61 Å². The van der Waals surface area contributed by atoms with Crippen molar-refractivity contribution in [3.8, 4) is 0 Å². The largest absolute Gasteiger partial charge is 0.463 e. The maximum Gasteiger partial charge on any atom is 0.427 e. The second kappa shape index (κ2) is 4.35. The van der Waals surface area contributed by atoms with Crippen molar-refractivity contribution >= 4 is 17.6 Å². The molecular weight excluding hydrogens is 197 g/mol. The SMILES string of the molecule is CCOC(=O)/C=C(/Cl)C(F)(F)F. The summed E-state index contributed by atoms with van der Waals surface area (Å²) in [5.41, 5.74) is 0. The second-order valence-corrected chi connectivity index (χ2v) is 2.15. The van der Waals surface area contributed by atoms with Gasteiger partial charge >= 0.3 is 12.1 Å². The van der Waals surface area contributed by atoms with E-state index in [1.54, 1.807) is 0 Å². The molecular formula is C6H6ClF3O2. The lowest BCUT2D eigenvalue weighted by Gasteiger charge is -2.03. The molecule has 0 spiro atoms. The van der Waals surface area contributed by atoms with E-state index in [0.717, 1.165) is 0 Å². The van der Waals surface area contributed by atoms with Gasteiger partial charge in [-0.3, -0.25) is 0 Å². The first kappa shape index (κ1) is 11.3. The zero-order valence-corrected chi connectivity index (χ0v) is 6.87. The van der Waals surface area contributed by atoms with Gasteiger partial charge in [0.15, 0.2) is 0 Å². The third-order valence-electron chi connectivity index (χ3n) is 0.802. The normalized spacial score (nSPS) is 12.9. The van der Waals surface area contributed by atoms with E-state index in [0.29, 0.717) is 0 Å². The quantitative estimate of drug-likeness (QED) is 0.507. The fourth-order valence-corrected chi connectivity index (χ4v) is 0.458. The Bertz CT molecular complexity index is 197. The maximum absolute atomic E-state index is 11.6. The summed E-state index contributed by atoms with van der Waals surface area (Å²) < 4.78 is 39.1. The first-order valence-electron chi connectivity index (χ1n) is 2.99. The predicted octanol–water partition coefficient (Wildman–Crippen LogP) is 2.23. The van der Waals surface area contributed by atoms with Gasteiger partial charge in [0.2, 0.25) is 0 Å². The van der Waals surface area contributed by atoms with Crippen molar-refractivity contribution in [3.05, 3.63) is 11.1 Å². The molecule has 0 aromatic rings. The predicted molar refractivity (Wildman–Crippen MR) is 36.6 cm³/mol. The summed E-state index contributed by atoms with van der Waals surface area (Å²) >= 11 is 4.72. The van der Waals surface area contributed by atoms with Crippen molar-refractivity contribution in [1.82, 2.24) is 0 Å². The van der Waals surface area contributed by atoms with E-state index in [4.69, 9.17) is 11.6 Å². The highest BCUT2D eigenvalue weighted by Crippen LogP contribution is 2.28. The minimum absolute atomic E-state index is 0.0113. The average Bonchev–Trinajstić information content (AvgIpc) is 1.85. The van der Waals surface area contributed by atoms with Crippen molar-refractivity contribution < 1.29 is 22.7 Å². The summed E-state index contributed by atoms with van der Waals surface area (Å²) in [7, 11) is 0. The third kappa shape index (κ3) is 4.23. The molecule has 0 aromatic carbocycles. The van der Waals surface area contributed by atoms with Crippen LogP contribution in [0.4, 0.5) is 13.2 Å². The van der Waals surface area contributed by atoms with Gasteiger partial charge in [-0.15, -0.1) is 0 Å². The second-order valence-electron chi connectivity index (χ2n) is 1.74. The van der Waals surface area contributed by atoms with Gasteiger partial charge in [-0.2, -0.15) is 13.2 Å². The number of hydrogen-bond donors (Lipinski definition) is 0. The minimum atomic E-state index is -4.69. The molecule has 0 heterocycles. The fourth-order valence-electron chi connectivity index (χ4n) is 0.369. The first-order chi connectivity index (χ1) is 5.38. The molecule has 0 saturated heterocycles. The van der Waals surface area contributed by atoms with Crippen LogP contribution in [0.1, 0.15) is 6.92 Å². The third-order valence-corrected chi connectivity index (χ3v) is 1.13. The molecule has 0 atom stereocenters. The Balaban J connectivity index is 4.26. The highest BCUT2D eigenvalue weighted by molar-refractivity contribution is 6.31. The molecule has 0 radical (unpaired) electrons. The van der Waals surface area contributed by atoms with Crippen LogP contribution in [0.3, 0.4) is 0 Å². The van der Waals surface area contributed by atoms with E-state index < -0.39 is 17.2 Å². The number of hydrogen-bond acceptors (Lipinski definition) is 2. The molecule has 70 valence electrons. The van der Waals surface area contributed by atoms with Crippen LogP contribution in [0.2, 0.25) is 0 Å². The van der Waals surface area contributed by atoms with Crippen LogP contribution in [-0.4, -0.2) is 18.8 Å². The van der Waals surface area contributed by atoms with Crippen LogP contribution in [0.15, 0.2) is 11.1 Å². The van der Waals surface area contributed by atoms with Crippen LogP contribution in [0.25, 0.3) is 0 Å². The zero-order valence-electron chi connectivity index (χ0n) is 6.11. The van der Waals surface area contributed by atoms with Crippen molar-refractivity contribution in [2.24, 2.45) is 0 Å². The number of carbonyl (C=O) groups is 1. The number of ether oxygens (including phenoxy) is 1. The summed E-state index contributed by atoms with van der Waals surface area (Å²) in [5, 5.41) is -1.49. The minimum Gasteiger partial charge on any atom is -0.463 e. The Morgan fingerprint density at radius 2 is 2.08 bits per heavy atom. The molecule has 6 heteroatoms. The lowest BCUT2D eigenvalue weighted by atomic mass is 10.5. The van der Waals surface area contributed by atoms with E-state index in [-0.39, 0.29) is 12.7 Å². The number of carbonyl (C=O) groups excluding carboxylic acids is 1. The van der Waals surface area contributed by atoms with Gasteiger partial charge in [-0.1, -0.05) is 11.6 Å². The molecule has 12 heavy (non-hydrogen) atoms. The van der Waals surface area contributed by atoms with Crippen molar-refractivity contribution in [2.45, 2.75) is 13.1 Å². The molecule has 0 saturated carbocycles. The first-order valence-corrected chi connectivity index (χ1v) is 3.37. The summed E-state index contributed by atoms with van der Waals surface area (Å²) in [6.45, 7) is 1.49. The Morgan fingerprint density at radius 1 is 1.58 bits per heavy atom. The van der Waals surface area contributed by atoms with Crippen LogP contribution >= 0.6 is 11.6 Å². The highest BCUT2D eigenvalue weighted by Gasteiger charge is 2.33. The van der Waals surface area contributed by atoms with Crippen LogP contribution in [-0.2, 0) is 9.53 Å². The molecule has 0 bridgehead atoms. The Hall–Kier alpha value is -0.710. The molecule has 0 aliphatic heterocycles. The van der Waals surface area contributed by atoms with Gasteiger partial charge in [0, 0.05) is 6.08 Å². The van der Waals surface area contributed by atoms with Crippen LogP contribution in [0.5, 0.6) is 0 Å². The smallest absolute Gasteiger partial charge is 0.427 e. The van der Waals surface area contributed by atoms with Gasteiger partial charge < -0.3 is 4.74 Å². The summed E-state index contributed by atoms with van der Waals surface area (Å²) in [5.74, 6) is -1.10. The Labute approximate surface area is 71.9 Å². The number of esters is 1. The fraction of sp³-hybridized carbons (Fsp3) is 0.500. The van der Waals surface area contributed by atoms with Gasteiger partial charge in [0.1, 0.15) is 5.03 Å². The van der Waals surface area contributed by atoms with Crippen molar-refractivity contribution in [1.29, 1.82) is 0 Å². The molecule has 2 nitrogen and oxygen atoms in total. The molecule has 0 N–H and O–H groups in total. The number of rotatable bonds is 2. The average molecular weight is 203 g/mol. The maximum atomic E-state index is 11.6. The van der Waals surface area contributed by atoms with E-state index in [9.17, 15) is 18.0 Å². The summed E-state index contributed by atoms with van der Waals surface area (Å²) in [6.07, 6.45) is -4.49. The van der Waals surface area contributed by atoms with Crippen LogP contribution < -0.4 is 0 Å². The number of allylic oxidation sites excluding steroid dienone is 1. The van der Waals surface area contributed by atoms with E-state index in [2.05, 4.69) is 4.74 Å². The molecule has 0 rings (SSSR count). The van der Waals surface area contributed by atoms with Crippen LogP contribution in [0, 0.1) is 0 Å². The van der Waals surface area contributed by atoms with E-state index in [1.165, 1.54) is 6.92 Å². The summed E-state index contributed by atoms with van der Waals surface area (Å²) in [4.78, 5) is 10.4. The van der Waals surface area contributed by atoms with E-state index in [1.807, 2.05) is 0 Å². The molecule has 0 amide bonds. The molecule has 0 aromatic heterocycles. The molecule has 0 aliphatic rings. The lowest BCUT2D eigenvalue weighted by Crippen LogP contribution is -2.10. The topological polar surface area (TPSA) is 26.3 Å². The Morgan fingerprint density at radius 3 is 2.42 bits per heavy atom. The zero-order chi connectivity index (χ0) is 9.78. The number of alkyl halides is 3. The molecule has 0 aliphatic carbocycles. The lowest BCUT2D eigenvalue weighted by molar-refractivity contribution is -0.138. The van der Waals surface area contributed by atoms with E-state index >= 15 is 0 Å².